The molecule has 17 heavy (non-hydrogen) atoms. The third-order valence-electron chi connectivity index (χ3n) is 1.76. The van der Waals surface area contributed by atoms with Crippen molar-refractivity contribution in [1.82, 2.24) is 0 Å². The van der Waals surface area contributed by atoms with E-state index in [0.717, 1.165) is 0 Å². The average molecular weight is 258 g/mol. The van der Waals surface area contributed by atoms with E-state index in [1.54, 1.807) is 13.8 Å². The van der Waals surface area contributed by atoms with Crippen LogP contribution in [0, 0.1) is 5.92 Å². The van der Waals surface area contributed by atoms with Gasteiger partial charge in [0.15, 0.2) is 0 Å². The number of hydrogen-bond acceptors (Lipinski definition) is 2. The van der Waals surface area contributed by atoms with Crippen molar-refractivity contribution in [2.24, 2.45) is 16.6 Å². The van der Waals surface area contributed by atoms with E-state index in [9.17, 15) is 22.0 Å². The molecular weight excluding hydrogens is 243 g/mol. The molecule has 0 aromatic heterocycles. The van der Waals surface area contributed by atoms with Gasteiger partial charge in [-0.15, -0.1) is 0 Å². The molecule has 0 aliphatic rings. The van der Waals surface area contributed by atoms with Gasteiger partial charge in [-0.1, -0.05) is 13.8 Å². The van der Waals surface area contributed by atoms with Crippen LogP contribution in [-0.2, 0) is 0 Å². The van der Waals surface area contributed by atoms with Crippen molar-refractivity contribution in [1.29, 1.82) is 0 Å². The quantitative estimate of drug-likeness (QED) is 0.610. The average Bonchev–Trinajstić information content (AvgIpc) is 2.07. The summed E-state index contributed by atoms with van der Waals surface area (Å²) in [7, 11) is 0. The SMILES string of the molecule is CC(C)C(C=C(N)C(F)(F)F)=NCC(C)(F)F. The molecule has 2 N–H and O–H groups in total. The number of alkyl halides is 5. The summed E-state index contributed by atoms with van der Waals surface area (Å²) in [5.74, 6) is -3.47. The first-order valence-electron chi connectivity index (χ1n) is 4.90. The summed E-state index contributed by atoms with van der Waals surface area (Å²) in [6, 6.07) is 0. The van der Waals surface area contributed by atoms with Gasteiger partial charge >= 0.3 is 6.18 Å². The lowest BCUT2D eigenvalue weighted by molar-refractivity contribution is -0.0925. The van der Waals surface area contributed by atoms with E-state index in [4.69, 9.17) is 5.73 Å². The zero-order valence-corrected chi connectivity index (χ0v) is 9.78. The molecule has 0 aromatic carbocycles. The fourth-order valence-corrected chi connectivity index (χ4v) is 0.866. The second kappa shape index (κ2) is 5.46. The normalized spacial score (nSPS) is 15.6. The van der Waals surface area contributed by atoms with Crippen molar-refractivity contribution < 1.29 is 22.0 Å². The molecular formula is C10H15F5N2. The highest BCUT2D eigenvalue weighted by molar-refractivity contribution is 5.97. The van der Waals surface area contributed by atoms with E-state index in [-0.39, 0.29) is 5.71 Å². The van der Waals surface area contributed by atoms with E-state index < -0.39 is 30.3 Å². The number of aliphatic imine (C=N–C) groups is 1. The Hall–Kier alpha value is -1.14. The Bertz CT molecular complexity index is 310. The minimum Gasteiger partial charge on any atom is -0.395 e. The Morgan fingerprint density at radius 3 is 2.00 bits per heavy atom. The van der Waals surface area contributed by atoms with Gasteiger partial charge in [0.2, 0.25) is 0 Å². The number of nitrogens with two attached hydrogens (primary N) is 1. The molecule has 0 bridgehead atoms. The molecule has 0 aliphatic carbocycles. The lowest BCUT2D eigenvalue weighted by Gasteiger charge is -2.12. The summed E-state index contributed by atoms with van der Waals surface area (Å²) in [4.78, 5) is 3.46. The van der Waals surface area contributed by atoms with E-state index in [1.807, 2.05) is 0 Å². The topological polar surface area (TPSA) is 38.4 Å². The summed E-state index contributed by atoms with van der Waals surface area (Å²) in [6.07, 6.45) is -4.08. The van der Waals surface area contributed by atoms with Crippen LogP contribution in [0.4, 0.5) is 22.0 Å². The first kappa shape index (κ1) is 15.9. The van der Waals surface area contributed by atoms with Crippen LogP contribution in [0.3, 0.4) is 0 Å². The first-order valence-corrected chi connectivity index (χ1v) is 4.90. The van der Waals surface area contributed by atoms with Crippen LogP contribution in [-0.4, -0.2) is 24.4 Å². The number of rotatable bonds is 4. The molecule has 0 fully saturated rings. The van der Waals surface area contributed by atoms with Crippen LogP contribution < -0.4 is 5.73 Å². The molecule has 0 rings (SSSR count). The van der Waals surface area contributed by atoms with Crippen LogP contribution >= 0.6 is 0 Å². The molecule has 0 heterocycles. The third-order valence-corrected chi connectivity index (χ3v) is 1.76. The summed E-state index contributed by atoms with van der Waals surface area (Å²) in [5.41, 5.74) is 3.36. The van der Waals surface area contributed by atoms with Crippen molar-refractivity contribution in [3.8, 4) is 0 Å². The standard InChI is InChI=1S/C10H15F5N2/c1-6(2)7(17-5-9(3,11)12)4-8(16)10(13,14)15/h4,6H,5,16H2,1-3H3. The summed E-state index contributed by atoms with van der Waals surface area (Å²) < 4.78 is 61.5. The van der Waals surface area contributed by atoms with Crippen molar-refractivity contribution in [3.63, 3.8) is 0 Å². The number of halogens is 5. The first-order chi connectivity index (χ1) is 7.43. The van der Waals surface area contributed by atoms with Gasteiger partial charge in [0, 0.05) is 12.6 Å². The Kier molecular flexibility index (Phi) is 5.10. The minimum absolute atomic E-state index is 0.0960. The Morgan fingerprint density at radius 2 is 1.71 bits per heavy atom. The highest BCUT2D eigenvalue weighted by Gasteiger charge is 2.32. The Labute approximate surface area is 96.4 Å². The van der Waals surface area contributed by atoms with Gasteiger partial charge in [0.1, 0.15) is 12.2 Å². The zero-order chi connectivity index (χ0) is 13.9. The molecule has 0 unspecified atom stereocenters. The predicted octanol–water partition coefficient (Wildman–Crippen LogP) is 3.14. The van der Waals surface area contributed by atoms with Gasteiger partial charge in [0.25, 0.3) is 5.92 Å². The van der Waals surface area contributed by atoms with Crippen LogP contribution in [0.15, 0.2) is 16.8 Å². The summed E-state index contributed by atoms with van der Waals surface area (Å²) in [5, 5.41) is 0. The molecule has 7 heteroatoms. The molecule has 0 atom stereocenters. The van der Waals surface area contributed by atoms with E-state index in [2.05, 4.69) is 4.99 Å². The van der Waals surface area contributed by atoms with Crippen molar-refractivity contribution in [3.05, 3.63) is 11.8 Å². The van der Waals surface area contributed by atoms with Gasteiger partial charge in [0.05, 0.1) is 0 Å². The maximum Gasteiger partial charge on any atom is 0.430 e. The molecule has 0 spiro atoms. The Balaban J connectivity index is 5.02. The molecule has 100 valence electrons. The molecule has 2 nitrogen and oxygen atoms in total. The number of nitrogens with zero attached hydrogens (tertiary/aromatic N) is 1. The lowest BCUT2D eigenvalue weighted by Crippen LogP contribution is -2.23. The molecule has 0 aliphatic heterocycles. The molecule has 0 aromatic rings. The maximum atomic E-state index is 12.5. The van der Waals surface area contributed by atoms with Gasteiger partial charge < -0.3 is 5.73 Å². The van der Waals surface area contributed by atoms with Crippen molar-refractivity contribution in [2.75, 3.05) is 6.54 Å². The lowest BCUT2D eigenvalue weighted by atomic mass is 10.1. The highest BCUT2D eigenvalue weighted by atomic mass is 19.4. The van der Waals surface area contributed by atoms with E-state index in [0.29, 0.717) is 13.0 Å². The van der Waals surface area contributed by atoms with Crippen LogP contribution in [0.2, 0.25) is 0 Å². The summed E-state index contributed by atoms with van der Waals surface area (Å²) in [6.45, 7) is 2.88. The minimum atomic E-state index is -4.68. The van der Waals surface area contributed by atoms with Gasteiger partial charge in [-0.2, -0.15) is 13.2 Å². The van der Waals surface area contributed by atoms with Crippen LogP contribution in [0.25, 0.3) is 0 Å². The Morgan fingerprint density at radius 1 is 1.24 bits per heavy atom. The van der Waals surface area contributed by atoms with Crippen molar-refractivity contribution >= 4 is 5.71 Å². The van der Waals surface area contributed by atoms with Gasteiger partial charge in [-0.05, 0) is 12.0 Å². The number of hydrogen-bond donors (Lipinski definition) is 1. The molecule has 0 radical (unpaired) electrons. The maximum absolute atomic E-state index is 12.5. The second-order valence-corrected chi connectivity index (χ2v) is 4.06. The smallest absolute Gasteiger partial charge is 0.395 e. The van der Waals surface area contributed by atoms with Gasteiger partial charge in [-0.25, -0.2) is 8.78 Å². The fourth-order valence-electron chi connectivity index (χ4n) is 0.866. The number of allylic oxidation sites excluding steroid dienone is 2. The predicted molar refractivity (Wildman–Crippen MR) is 56.1 cm³/mol. The third kappa shape index (κ3) is 6.91. The molecule has 0 saturated carbocycles. The second-order valence-electron chi connectivity index (χ2n) is 4.06. The molecule has 0 saturated heterocycles. The van der Waals surface area contributed by atoms with E-state index >= 15 is 0 Å². The highest BCUT2D eigenvalue weighted by Crippen LogP contribution is 2.22. The fraction of sp³-hybridized carbons (Fsp3) is 0.700. The monoisotopic (exact) mass is 258 g/mol. The van der Waals surface area contributed by atoms with Gasteiger partial charge in [-0.3, -0.25) is 4.99 Å². The van der Waals surface area contributed by atoms with Crippen LogP contribution in [0.1, 0.15) is 20.8 Å². The zero-order valence-electron chi connectivity index (χ0n) is 9.78. The summed E-state index contributed by atoms with van der Waals surface area (Å²) >= 11 is 0. The molecule has 0 amide bonds. The largest absolute Gasteiger partial charge is 0.430 e. The van der Waals surface area contributed by atoms with E-state index in [1.165, 1.54) is 0 Å². The van der Waals surface area contributed by atoms with Crippen molar-refractivity contribution in [2.45, 2.75) is 32.9 Å². The van der Waals surface area contributed by atoms with Crippen LogP contribution in [0.5, 0.6) is 0 Å².